The molecule has 0 saturated carbocycles. The number of hydrogen-bond acceptors (Lipinski definition) is 3. The second-order valence-electron chi connectivity index (χ2n) is 4.76. The molecule has 0 spiro atoms. The average molecular weight is 303 g/mol. The van der Waals surface area contributed by atoms with Crippen molar-refractivity contribution in [1.29, 1.82) is 5.26 Å². The van der Waals surface area contributed by atoms with E-state index >= 15 is 0 Å². The molecule has 1 aromatic heterocycles. The second-order valence-corrected chi connectivity index (χ2v) is 5.14. The maximum absolute atomic E-state index is 8.66. The molecule has 2 aromatic rings. The lowest BCUT2D eigenvalue weighted by Crippen LogP contribution is -2.08. The van der Waals surface area contributed by atoms with Gasteiger partial charge in [0.15, 0.2) is 0 Å². The third-order valence-corrected chi connectivity index (χ3v) is 3.83. The molecule has 2 rings (SSSR count). The lowest BCUT2D eigenvalue weighted by atomic mass is 10.1. The molecular weight excluding hydrogens is 284 g/mol. The zero-order valence-electron chi connectivity index (χ0n) is 12.4. The monoisotopic (exact) mass is 302 g/mol. The van der Waals surface area contributed by atoms with E-state index in [-0.39, 0.29) is 0 Å². The number of nitriles is 1. The molecule has 5 heteroatoms. The standard InChI is InChI=1S/C16H19ClN4/c1-3-14-16(17)15(21(4-2)20-14)11-19-13-7-5-12(6-8-13)9-10-18/h5-8,19H,3-4,9,11H2,1-2H3. The highest BCUT2D eigenvalue weighted by molar-refractivity contribution is 6.31. The first-order chi connectivity index (χ1) is 10.2. The minimum Gasteiger partial charge on any atom is -0.379 e. The van der Waals surface area contributed by atoms with Gasteiger partial charge in [0.05, 0.1) is 35.4 Å². The maximum Gasteiger partial charge on any atom is 0.0868 e. The van der Waals surface area contributed by atoms with Crippen LogP contribution in [0.2, 0.25) is 5.02 Å². The van der Waals surface area contributed by atoms with Crippen molar-refractivity contribution in [3.05, 3.63) is 46.2 Å². The van der Waals surface area contributed by atoms with Gasteiger partial charge in [0.1, 0.15) is 0 Å². The molecule has 21 heavy (non-hydrogen) atoms. The van der Waals surface area contributed by atoms with Crippen LogP contribution in [0.4, 0.5) is 5.69 Å². The van der Waals surface area contributed by atoms with Crippen LogP contribution in [0.5, 0.6) is 0 Å². The summed E-state index contributed by atoms with van der Waals surface area (Å²) in [6.07, 6.45) is 1.27. The molecule has 0 atom stereocenters. The number of nitrogens with one attached hydrogen (secondary N) is 1. The SMILES string of the molecule is CCc1nn(CC)c(CNc2ccc(CC#N)cc2)c1Cl. The van der Waals surface area contributed by atoms with Crippen LogP contribution in [-0.2, 0) is 25.9 Å². The van der Waals surface area contributed by atoms with Crippen LogP contribution < -0.4 is 5.32 Å². The Bertz CT molecular complexity index is 638. The molecule has 0 aliphatic carbocycles. The summed E-state index contributed by atoms with van der Waals surface area (Å²) in [5, 5.41) is 17.3. The molecular formula is C16H19ClN4. The Morgan fingerprint density at radius 2 is 2.00 bits per heavy atom. The van der Waals surface area contributed by atoms with Crippen LogP contribution in [-0.4, -0.2) is 9.78 Å². The van der Waals surface area contributed by atoms with Crippen LogP contribution in [0.3, 0.4) is 0 Å². The van der Waals surface area contributed by atoms with Gasteiger partial charge in [0.25, 0.3) is 0 Å². The highest BCUT2D eigenvalue weighted by atomic mass is 35.5. The highest BCUT2D eigenvalue weighted by Gasteiger charge is 2.13. The van der Waals surface area contributed by atoms with E-state index in [2.05, 4.69) is 30.3 Å². The Kier molecular flexibility index (Phi) is 5.24. The average Bonchev–Trinajstić information content (AvgIpc) is 2.82. The van der Waals surface area contributed by atoms with E-state index in [1.54, 1.807) is 0 Å². The van der Waals surface area contributed by atoms with Crippen molar-refractivity contribution in [3.63, 3.8) is 0 Å². The summed E-state index contributed by atoms with van der Waals surface area (Å²) in [7, 11) is 0. The number of halogens is 1. The minimum absolute atomic E-state index is 0.439. The van der Waals surface area contributed by atoms with Crippen LogP contribution in [0.15, 0.2) is 24.3 Å². The number of benzene rings is 1. The van der Waals surface area contributed by atoms with Gasteiger partial charge in [0.2, 0.25) is 0 Å². The number of rotatable bonds is 6. The van der Waals surface area contributed by atoms with E-state index in [9.17, 15) is 0 Å². The molecule has 0 bridgehead atoms. The van der Waals surface area contributed by atoms with Gasteiger partial charge >= 0.3 is 0 Å². The van der Waals surface area contributed by atoms with Crippen LogP contribution >= 0.6 is 11.6 Å². The molecule has 0 saturated heterocycles. The maximum atomic E-state index is 8.66. The van der Waals surface area contributed by atoms with Gasteiger partial charge in [-0.15, -0.1) is 0 Å². The van der Waals surface area contributed by atoms with E-state index in [1.807, 2.05) is 28.9 Å². The highest BCUT2D eigenvalue weighted by Crippen LogP contribution is 2.22. The Balaban J connectivity index is 2.09. The van der Waals surface area contributed by atoms with Crippen molar-refractivity contribution in [2.24, 2.45) is 0 Å². The van der Waals surface area contributed by atoms with E-state index in [0.29, 0.717) is 13.0 Å². The topological polar surface area (TPSA) is 53.6 Å². The summed E-state index contributed by atoms with van der Waals surface area (Å²) in [5.74, 6) is 0. The molecule has 1 aromatic carbocycles. The first-order valence-electron chi connectivity index (χ1n) is 7.13. The Morgan fingerprint density at radius 3 is 2.57 bits per heavy atom. The first-order valence-corrected chi connectivity index (χ1v) is 7.51. The van der Waals surface area contributed by atoms with Crippen LogP contribution in [0.1, 0.15) is 30.8 Å². The van der Waals surface area contributed by atoms with Gasteiger partial charge in [-0.1, -0.05) is 30.7 Å². The molecule has 0 aliphatic heterocycles. The summed E-state index contributed by atoms with van der Waals surface area (Å²) >= 11 is 6.38. The van der Waals surface area contributed by atoms with E-state index in [1.165, 1.54) is 0 Å². The Hall–Kier alpha value is -1.99. The predicted octanol–water partition coefficient (Wildman–Crippen LogP) is 3.80. The zero-order valence-corrected chi connectivity index (χ0v) is 13.1. The number of hydrogen-bond donors (Lipinski definition) is 1. The van der Waals surface area contributed by atoms with Crippen LogP contribution in [0, 0.1) is 11.3 Å². The molecule has 0 radical (unpaired) electrons. The van der Waals surface area contributed by atoms with E-state index in [4.69, 9.17) is 16.9 Å². The summed E-state index contributed by atoms with van der Waals surface area (Å²) < 4.78 is 1.94. The molecule has 4 nitrogen and oxygen atoms in total. The zero-order chi connectivity index (χ0) is 15.2. The van der Waals surface area contributed by atoms with Gasteiger partial charge in [-0.25, -0.2) is 0 Å². The smallest absolute Gasteiger partial charge is 0.0868 e. The predicted molar refractivity (Wildman–Crippen MR) is 85.4 cm³/mol. The van der Waals surface area contributed by atoms with Crippen molar-refractivity contribution in [1.82, 2.24) is 9.78 Å². The van der Waals surface area contributed by atoms with Gasteiger partial charge < -0.3 is 5.32 Å². The number of anilines is 1. The normalized spacial score (nSPS) is 10.4. The number of aryl methyl sites for hydroxylation is 2. The van der Waals surface area contributed by atoms with Crippen molar-refractivity contribution >= 4 is 17.3 Å². The summed E-state index contributed by atoms with van der Waals surface area (Å²) in [4.78, 5) is 0. The molecule has 1 N–H and O–H groups in total. The Morgan fingerprint density at radius 1 is 1.29 bits per heavy atom. The van der Waals surface area contributed by atoms with Crippen molar-refractivity contribution in [2.75, 3.05) is 5.32 Å². The number of aromatic nitrogens is 2. The fourth-order valence-electron chi connectivity index (χ4n) is 2.20. The van der Waals surface area contributed by atoms with Gasteiger partial charge in [0, 0.05) is 12.2 Å². The molecule has 0 unspecified atom stereocenters. The lowest BCUT2D eigenvalue weighted by Gasteiger charge is -2.09. The van der Waals surface area contributed by atoms with Crippen molar-refractivity contribution < 1.29 is 0 Å². The third kappa shape index (κ3) is 3.56. The fourth-order valence-corrected chi connectivity index (χ4v) is 2.54. The summed E-state index contributed by atoms with van der Waals surface area (Å²) in [5.41, 5.74) is 3.99. The summed E-state index contributed by atoms with van der Waals surface area (Å²) in [6.45, 7) is 5.55. The lowest BCUT2D eigenvalue weighted by molar-refractivity contribution is 0.619. The van der Waals surface area contributed by atoms with Crippen LogP contribution in [0.25, 0.3) is 0 Å². The summed E-state index contributed by atoms with van der Waals surface area (Å²) in [6, 6.07) is 10.0. The Labute approximate surface area is 130 Å². The minimum atomic E-state index is 0.439. The first kappa shape index (κ1) is 15.4. The van der Waals surface area contributed by atoms with Crippen molar-refractivity contribution in [3.8, 4) is 6.07 Å². The largest absolute Gasteiger partial charge is 0.379 e. The van der Waals surface area contributed by atoms with Gasteiger partial charge in [-0.3, -0.25) is 4.68 Å². The quantitative estimate of drug-likeness (QED) is 0.883. The van der Waals surface area contributed by atoms with E-state index in [0.717, 1.165) is 40.6 Å². The molecule has 0 amide bonds. The fraction of sp³-hybridized carbons (Fsp3) is 0.375. The molecule has 110 valence electrons. The molecule has 1 heterocycles. The van der Waals surface area contributed by atoms with Gasteiger partial charge in [-0.2, -0.15) is 10.4 Å². The van der Waals surface area contributed by atoms with E-state index < -0.39 is 0 Å². The number of nitrogens with zero attached hydrogens (tertiary/aromatic N) is 3. The third-order valence-electron chi connectivity index (χ3n) is 3.39. The molecule has 0 fully saturated rings. The second kappa shape index (κ2) is 7.14. The van der Waals surface area contributed by atoms with Gasteiger partial charge in [-0.05, 0) is 31.0 Å². The van der Waals surface area contributed by atoms with Crippen molar-refractivity contribution in [2.45, 2.75) is 39.8 Å². The molecule has 0 aliphatic rings.